The monoisotopic (exact) mass is 441 g/mol. The number of ether oxygens (including phenoxy) is 1. The zero-order valence-electron chi connectivity index (χ0n) is 19.5. The van der Waals surface area contributed by atoms with Crippen LogP contribution in [0.1, 0.15) is 58.4 Å². The highest BCUT2D eigenvalue weighted by Crippen LogP contribution is 2.32. The number of methoxy groups -OCH3 is 1. The number of hydrogen-bond acceptors (Lipinski definition) is 5. The van der Waals surface area contributed by atoms with Crippen LogP contribution in [0.25, 0.3) is 5.69 Å². The van der Waals surface area contributed by atoms with E-state index in [0.717, 1.165) is 11.1 Å². The minimum Gasteiger partial charge on any atom is -0.494 e. The summed E-state index contributed by atoms with van der Waals surface area (Å²) in [6.07, 6.45) is 0. The summed E-state index contributed by atoms with van der Waals surface area (Å²) in [5, 5.41) is 8.17. The van der Waals surface area contributed by atoms with Crippen molar-refractivity contribution in [2.45, 2.75) is 69.2 Å². The first-order valence-corrected chi connectivity index (χ1v) is 11.7. The Morgan fingerprint density at radius 2 is 1.42 bits per heavy atom. The molecule has 31 heavy (non-hydrogen) atoms. The van der Waals surface area contributed by atoms with E-state index in [0.29, 0.717) is 17.1 Å². The maximum absolute atomic E-state index is 13.3. The second-order valence-corrected chi connectivity index (χ2v) is 11.7. The molecule has 7 heteroatoms. The number of rotatable bonds is 4. The highest BCUT2D eigenvalue weighted by molar-refractivity contribution is 7.91. The van der Waals surface area contributed by atoms with Gasteiger partial charge in [-0.2, -0.15) is 0 Å². The Morgan fingerprint density at radius 3 is 1.94 bits per heavy atom. The first-order chi connectivity index (χ1) is 14.3. The Morgan fingerprint density at radius 1 is 0.871 bits per heavy atom. The van der Waals surface area contributed by atoms with Crippen molar-refractivity contribution in [3.63, 3.8) is 0 Å². The standard InChI is InChI=1S/C24H31N3O3S/c1-16-22(31(28,29)19-12-9-17(10-13-19)23(2,3)4)25-26-27(16)20-15-18(24(5,6)7)11-14-21(20)30-8/h9-15H,1-8H3. The molecule has 1 aromatic heterocycles. The average molecular weight is 442 g/mol. The molecule has 0 unspecified atom stereocenters. The molecule has 0 atom stereocenters. The van der Waals surface area contributed by atoms with E-state index in [-0.39, 0.29) is 20.8 Å². The minimum atomic E-state index is -3.81. The lowest BCUT2D eigenvalue weighted by atomic mass is 9.87. The maximum atomic E-state index is 13.3. The van der Waals surface area contributed by atoms with Crippen molar-refractivity contribution in [3.8, 4) is 11.4 Å². The van der Waals surface area contributed by atoms with Crippen molar-refractivity contribution in [1.29, 1.82) is 0 Å². The maximum Gasteiger partial charge on any atom is 0.227 e. The second kappa shape index (κ2) is 7.79. The van der Waals surface area contributed by atoms with Crippen LogP contribution < -0.4 is 4.74 Å². The summed E-state index contributed by atoms with van der Waals surface area (Å²) in [5.41, 5.74) is 3.10. The molecule has 166 valence electrons. The highest BCUT2D eigenvalue weighted by atomic mass is 32.2. The van der Waals surface area contributed by atoms with Gasteiger partial charge in [0.1, 0.15) is 11.4 Å². The Hall–Kier alpha value is -2.67. The second-order valence-electron chi connectivity index (χ2n) is 9.81. The largest absolute Gasteiger partial charge is 0.494 e. The van der Waals surface area contributed by atoms with Crippen molar-refractivity contribution in [2.24, 2.45) is 0 Å². The van der Waals surface area contributed by atoms with Gasteiger partial charge in [0.2, 0.25) is 14.9 Å². The molecule has 0 aliphatic carbocycles. The molecule has 0 fully saturated rings. The number of benzene rings is 2. The molecule has 0 aliphatic rings. The predicted molar refractivity (Wildman–Crippen MR) is 122 cm³/mol. The van der Waals surface area contributed by atoms with E-state index in [1.807, 2.05) is 30.3 Å². The third kappa shape index (κ3) is 4.37. The molecule has 1 heterocycles. The lowest BCUT2D eigenvalue weighted by Crippen LogP contribution is -2.13. The molecule has 6 nitrogen and oxygen atoms in total. The minimum absolute atomic E-state index is 0.0563. The van der Waals surface area contributed by atoms with Gasteiger partial charge in [0, 0.05) is 0 Å². The van der Waals surface area contributed by atoms with E-state index in [4.69, 9.17) is 4.74 Å². The highest BCUT2D eigenvalue weighted by Gasteiger charge is 2.28. The number of nitrogens with zero attached hydrogens (tertiary/aromatic N) is 3. The SMILES string of the molecule is COc1ccc(C(C)(C)C)cc1-n1nnc(S(=O)(=O)c2ccc(C(C)(C)C)cc2)c1C. The van der Waals surface area contributed by atoms with E-state index in [2.05, 4.69) is 51.9 Å². The normalized spacial score (nSPS) is 12.8. The van der Waals surface area contributed by atoms with Crippen molar-refractivity contribution in [2.75, 3.05) is 7.11 Å². The molecular weight excluding hydrogens is 410 g/mol. The van der Waals surface area contributed by atoms with Gasteiger partial charge in [-0.25, -0.2) is 13.1 Å². The molecule has 0 aliphatic heterocycles. The fourth-order valence-corrected chi connectivity index (χ4v) is 4.70. The van der Waals surface area contributed by atoms with Gasteiger partial charge in [0.05, 0.1) is 17.7 Å². The Labute approximate surface area is 185 Å². The summed E-state index contributed by atoms with van der Waals surface area (Å²) < 4.78 is 33.6. The third-order valence-corrected chi connectivity index (χ3v) is 7.19. The van der Waals surface area contributed by atoms with Gasteiger partial charge in [-0.3, -0.25) is 0 Å². The average Bonchev–Trinajstić information content (AvgIpc) is 3.08. The van der Waals surface area contributed by atoms with Gasteiger partial charge < -0.3 is 4.74 Å². The van der Waals surface area contributed by atoms with Crippen LogP contribution in [0, 0.1) is 6.92 Å². The van der Waals surface area contributed by atoms with Crippen LogP contribution in [0.4, 0.5) is 0 Å². The van der Waals surface area contributed by atoms with Crippen LogP contribution in [0.3, 0.4) is 0 Å². The fraction of sp³-hybridized carbons (Fsp3) is 0.417. The van der Waals surface area contributed by atoms with Crippen molar-refractivity contribution in [1.82, 2.24) is 15.0 Å². The molecule has 0 saturated carbocycles. The van der Waals surface area contributed by atoms with Crippen LogP contribution in [-0.2, 0) is 20.7 Å². The topological polar surface area (TPSA) is 74.1 Å². The summed E-state index contributed by atoms with van der Waals surface area (Å²) in [4.78, 5) is 0.200. The van der Waals surface area contributed by atoms with Gasteiger partial charge in [-0.1, -0.05) is 65.0 Å². The first kappa shape index (κ1) is 23.0. The molecule has 0 N–H and O–H groups in total. The third-order valence-electron chi connectivity index (χ3n) is 5.41. The summed E-state index contributed by atoms with van der Waals surface area (Å²) >= 11 is 0. The summed E-state index contributed by atoms with van der Waals surface area (Å²) in [7, 11) is -2.23. The fourth-order valence-electron chi connectivity index (χ4n) is 3.36. The van der Waals surface area contributed by atoms with Gasteiger partial charge in [0.15, 0.2) is 0 Å². The molecule has 0 saturated heterocycles. The molecule has 0 spiro atoms. The molecule has 0 radical (unpaired) electrons. The van der Waals surface area contributed by atoms with Crippen LogP contribution in [-0.4, -0.2) is 30.5 Å². The van der Waals surface area contributed by atoms with E-state index >= 15 is 0 Å². The Balaban J connectivity index is 2.10. The van der Waals surface area contributed by atoms with E-state index in [1.54, 1.807) is 26.2 Å². The lowest BCUT2D eigenvalue weighted by molar-refractivity contribution is 0.410. The number of aromatic nitrogens is 3. The van der Waals surface area contributed by atoms with Crippen molar-refractivity contribution < 1.29 is 13.2 Å². The van der Waals surface area contributed by atoms with E-state index in [9.17, 15) is 8.42 Å². The van der Waals surface area contributed by atoms with Gasteiger partial charge in [0.25, 0.3) is 0 Å². The first-order valence-electron chi connectivity index (χ1n) is 10.2. The molecule has 3 rings (SSSR count). The summed E-state index contributed by atoms with van der Waals surface area (Å²) in [6.45, 7) is 14.3. The van der Waals surface area contributed by atoms with E-state index in [1.165, 1.54) is 4.68 Å². The molecule has 3 aromatic rings. The molecular formula is C24H31N3O3S. The van der Waals surface area contributed by atoms with Crippen LogP contribution >= 0.6 is 0 Å². The Kier molecular flexibility index (Phi) is 5.78. The zero-order chi connectivity index (χ0) is 23.2. The predicted octanol–water partition coefficient (Wildman–Crippen LogP) is 5.01. The number of sulfone groups is 1. The summed E-state index contributed by atoms with van der Waals surface area (Å²) in [6, 6.07) is 12.8. The Bertz CT molecular complexity index is 1200. The quantitative estimate of drug-likeness (QED) is 0.569. The van der Waals surface area contributed by atoms with Gasteiger partial charge in [-0.15, -0.1) is 5.10 Å². The van der Waals surface area contributed by atoms with Crippen LogP contribution in [0.2, 0.25) is 0 Å². The molecule has 0 bridgehead atoms. The lowest BCUT2D eigenvalue weighted by Gasteiger charge is -2.21. The van der Waals surface area contributed by atoms with Crippen molar-refractivity contribution in [3.05, 3.63) is 59.3 Å². The van der Waals surface area contributed by atoms with Crippen LogP contribution in [0.15, 0.2) is 52.4 Å². The molecule has 0 amide bonds. The zero-order valence-corrected chi connectivity index (χ0v) is 20.3. The molecule has 2 aromatic carbocycles. The summed E-state index contributed by atoms with van der Waals surface area (Å²) in [5.74, 6) is 0.597. The van der Waals surface area contributed by atoms with Crippen molar-refractivity contribution >= 4 is 9.84 Å². The number of hydrogen-bond donors (Lipinski definition) is 0. The van der Waals surface area contributed by atoms with Crippen LogP contribution in [0.5, 0.6) is 5.75 Å². The smallest absolute Gasteiger partial charge is 0.227 e. The van der Waals surface area contributed by atoms with E-state index < -0.39 is 9.84 Å². The van der Waals surface area contributed by atoms with Gasteiger partial charge in [-0.05, 0) is 53.1 Å². The van der Waals surface area contributed by atoms with Gasteiger partial charge >= 0.3 is 0 Å².